The number of aryl methyl sites for hydroxylation is 2. The molecular formula is C14H16BNO2S. The minimum absolute atomic E-state index is 0.555. The van der Waals surface area contributed by atoms with E-state index >= 15 is 0 Å². The van der Waals surface area contributed by atoms with E-state index in [0.717, 1.165) is 16.3 Å². The van der Waals surface area contributed by atoms with E-state index in [1.807, 2.05) is 38.1 Å². The molecule has 2 aromatic rings. The lowest BCUT2D eigenvalue weighted by Crippen LogP contribution is -2.32. The first-order chi connectivity index (χ1) is 9.06. The first kappa shape index (κ1) is 14.1. The summed E-state index contributed by atoms with van der Waals surface area (Å²) in [4.78, 5) is 4.46. The summed E-state index contributed by atoms with van der Waals surface area (Å²) in [5.74, 6) is 0.670. The molecule has 0 saturated heterocycles. The van der Waals surface area contributed by atoms with Crippen molar-refractivity contribution in [2.75, 3.05) is 0 Å². The number of benzene rings is 1. The van der Waals surface area contributed by atoms with Crippen LogP contribution in [0, 0.1) is 13.8 Å². The second-order valence-electron chi connectivity index (χ2n) is 4.49. The van der Waals surface area contributed by atoms with E-state index in [0.29, 0.717) is 11.2 Å². The highest BCUT2D eigenvalue weighted by Gasteiger charge is 2.15. The molecule has 0 fully saturated rings. The van der Waals surface area contributed by atoms with Gasteiger partial charge in [-0.15, -0.1) is 11.8 Å². The van der Waals surface area contributed by atoms with Crippen LogP contribution < -0.4 is 5.46 Å². The maximum absolute atomic E-state index is 9.32. The van der Waals surface area contributed by atoms with Crippen LogP contribution >= 0.6 is 11.8 Å². The van der Waals surface area contributed by atoms with E-state index in [-0.39, 0.29) is 0 Å². The van der Waals surface area contributed by atoms with Gasteiger partial charge in [0, 0.05) is 11.4 Å². The van der Waals surface area contributed by atoms with Crippen molar-refractivity contribution >= 4 is 24.3 Å². The zero-order valence-corrected chi connectivity index (χ0v) is 11.8. The van der Waals surface area contributed by atoms with Gasteiger partial charge in [-0.1, -0.05) is 24.3 Å². The molecule has 2 rings (SSSR count). The van der Waals surface area contributed by atoms with Gasteiger partial charge in [0.05, 0.1) is 5.03 Å². The van der Waals surface area contributed by atoms with Crippen molar-refractivity contribution in [3.8, 4) is 0 Å². The van der Waals surface area contributed by atoms with E-state index in [1.54, 1.807) is 23.9 Å². The highest BCUT2D eigenvalue weighted by molar-refractivity contribution is 7.98. The summed E-state index contributed by atoms with van der Waals surface area (Å²) in [6, 6.07) is 11.4. The molecular weight excluding hydrogens is 257 g/mol. The van der Waals surface area contributed by atoms with E-state index in [2.05, 4.69) is 4.98 Å². The minimum Gasteiger partial charge on any atom is -0.423 e. The Bertz CT molecular complexity index is 555. The predicted octanol–water partition coefficient (Wildman–Crippen LogP) is 1.67. The smallest absolute Gasteiger partial charge is 0.423 e. The molecule has 0 saturated carbocycles. The second-order valence-corrected chi connectivity index (χ2v) is 5.48. The summed E-state index contributed by atoms with van der Waals surface area (Å²) in [5, 5.41) is 19.6. The van der Waals surface area contributed by atoms with Gasteiger partial charge < -0.3 is 10.0 Å². The van der Waals surface area contributed by atoms with Crippen molar-refractivity contribution in [2.24, 2.45) is 0 Å². The Morgan fingerprint density at radius 3 is 2.58 bits per heavy atom. The molecule has 1 aromatic heterocycles. The lowest BCUT2D eigenvalue weighted by molar-refractivity contribution is 0.425. The van der Waals surface area contributed by atoms with Gasteiger partial charge in [-0.25, -0.2) is 4.98 Å². The third kappa shape index (κ3) is 3.83. The number of hydrogen-bond acceptors (Lipinski definition) is 4. The standard InChI is InChI=1S/C14H16BNO2S/c1-10-7-11(2)16-14(8-10)19-9-12-5-3-4-6-13(12)15(17)18/h3-8,17-18H,9H2,1-2H3. The topological polar surface area (TPSA) is 53.4 Å². The number of thioether (sulfide) groups is 1. The normalized spacial score (nSPS) is 10.5. The molecule has 0 spiro atoms. The van der Waals surface area contributed by atoms with E-state index < -0.39 is 7.12 Å². The van der Waals surface area contributed by atoms with Crippen LogP contribution in [0.5, 0.6) is 0 Å². The Balaban J connectivity index is 2.14. The van der Waals surface area contributed by atoms with Gasteiger partial charge in [-0.3, -0.25) is 0 Å². The quantitative estimate of drug-likeness (QED) is 0.657. The Labute approximate surface area is 117 Å². The molecule has 0 radical (unpaired) electrons. The van der Waals surface area contributed by atoms with Crippen LogP contribution in [0.2, 0.25) is 0 Å². The first-order valence-electron chi connectivity index (χ1n) is 6.08. The second kappa shape index (κ2) is 6.24. The van der Waals surface area contributed by atoms with Crippen LogP contribution in [0.25, 0.3) is 0 Å². The van der Waals surface area contributed by atoms with E-state index in [1.165, 1.54) is 5.56 Å². The number of rotatable bonds is 4. The third-order valence-electron chi connectivity index (χ3n) is 2.78. The maximum Gasteiger partial charge on any atom is 0.488 e. The highest BCUT2D eigenvalue weighted by atomic mass is 32.2. The number of hydrogen-bond donors (Lipinski definition) is 2. The van der Waals surface area contributed by atoms with Gasteiger partial charge in [-0.2, -0.15) is 0 Å². The summed E-state index contributed by atoms with van der Waals surface area (Å²) < 4.78 is 0. The van der Waals surface area contributed by atoms with Crippen LogP contribution in [-0.2, 0) is 5.75 Å². The molecule has 3 nitrogen and oxygen atoms in total. The number of nitrogens with zero attached hydrogens (tertiary/aromatic N) is 1. The molecule has 0 atom stereocenters. The van der Waals surface area contributed by atoms with Gasteiger partial charge in [-0.05, 0) is 42.6 Å². The summed E-state index contributed by atoms with van der Waals surface area (Å²) in [6.45, 7) is 4.02. The van der Waals surface area contributed by atoms with Crippen molar-refractivity contribution in [3.05, 3.63) is 53.2 Å². The molecule has 2 N–H and O–H groups in total. The fourth-order valence-corrected chi connectivity index (χ4v) is 2.99. The highest BCUT2D eigenvalue weighted by Crippen LogP contribution is 2.21. The Morgan fingerprint density at radius 2 is 1.89 bits per heavy atom. The van der Waals surface area contributed by atoms with Gasteiger partial charge in [0.2, 0.25) is 0 Å². The molecule has 1 aromatic carbocycles. The molecule has 0 bridgehead atoms. The summed E-state index contributed by atoms with van der Waals surface area (Å²) >= 11 is 1.60. The van der Waals surface area contributed by atoms with Gasteiger partial charge >= 0.3 is 7.12 Å². The average Bonchev–Trinajstić information content (AvgIpc) is 2.35. The van der Waals surface area contributed by atoms with Crippen LogP contribution in [0.3, 0.4) is 0 Å². The maximum atomic E-state index is 9.32. The number of aromatic nitrogens is 1. The monoisotopic (exact) mass is 273 g/mol. The third-order valence-corrected chi connectivity index (χ3v) is 3.74. The molecule has 0 aliphatic carbocycles. The van der Waals surface area contributed by atoms with Gasteiger partial charge in [0.25, 0.3) is 0 Å². The molecule has 5 heteroatoms. The van der Waals surface area contributed by atoms with Gasteiger partial charge in [0.15, 0.2) is 0 Å². The van der Waals surface area contributed by atoms with Crippen molar-refractivity contribution in [1.82, 2.24) is 4.98 Å². The molecule has 0 aliphatic rings. The largest absolute Gasteiger partial charge is 0.488 e. The van der Waals surface area contributed by atoms with Crippen LogP contribution in [0.1, 0.15) is 16.8 Å². The van der Waals surface area contributed by atoms with E-state index in [4.69, 9.17) is 0 Å². The summed E-state index contributed by atoms with van der Waals surface area (Å²) in [5.41, 5.74) is 3.66. The zero-order chi connectivity index (χ0) is 13.8. The molecule has 19 heavy (non-hydrogen) atoms. The van der Waals surface area contributed by atoms with E-state index in [9.17, 15) is 10.0 Å². The fraction of sp³-hybridized carbons (Fsp3) is 0.214. The lowest BCUT2D eigenvalue weighted by atomic mass is 9.77. The van der Waals surface area contributed by atoms with Crippen LogP contribution in [0.4, 0.5) is 0 Å². The SMILES string of the molecule is Cc1cc(C)nc(SCc2ccccc2B(O)O)c1. The lowest BCUT2D eigenvalue weighted by Gasteiger charge is -2.08. The van der Waals surface area contributed by atoms with Crippen molar-refractivity contribution in [2.45, 2.75) is 24.6 Å². The fourth-order valence-electron chi connectivity index (χ4n) is 1.95. The van der Waals surface area contributed by atoms with Crippen molar-refractivity contribution < 1.29 is 10.0 Å². The molecule has 0 amide bonds. The molecule has 98 valence electrons. The number of pyridine rings is 1. The Hall–Kier alpha value is -1.30. The molecule has 0 unspecified atom stereocenters. The molecule has 0 aliphatic heterocycles. The Morgan fingerprint density at radius 1 is 1.16 bits per heavy atom. The zero-order valence-electron chi connectivity index (χ0n) is 11.0. The van der Waals surface area contributed by atoms with Crippen molar-refractivity contribution in [1.29, 1.82) is 0 Å². The van der Waals surface area contributed by atoms with Crippen LogP contribution in [0.15, 0.2) is 41.4 Å². The van der Waals surface area contributed by atoms with Crippen molar-refractivity contribution in [3.63, 3.8) is 0 Å². The average molecular weight is 273 g/mol. The first-order valence-corrected chi connectivity index (χ1v) is 7.07. The summed E-state index contributed by atoms with van der Waals surface area (Å²) in [7, 11) is -1.43. The predicted molar refractivity (Wildman–Crippen MR) is 79.5 cm³/mol. The molecule has 1 heterocycles. The van der Waals surface area contributed by atoms with Gasteiger partial charge in [0.1, 0.15) is 0 Å². The minimum atomic E-state index is -1.43. The van der Waals surface area contributed by atoms with Crippen LogP contribution in [-0.4, -0.2) is 22.2 Å². The summed E-state index contributed by atoms with van der Waals surface area (Å²) in [6.07, 6.45) is 0. The Kier molecular flexibility index (Phi) is 4.63.